The van der Waals surface area contributed by atoms with E-state index in [1.165, 1.54) is 12.1 Å². The Hall–Kier alpha value is -3.77. The molecule has 0 aliphatic carbocycles. The zero-order valence-corrected chi connectivity index (χ0v) is 16.8. The Balaban J connectivity index is 1.79. The lowest BCUT2D eigenvalue weighted by Crippen LogP contribution is -1.95. The Kier molecular flexibility index (Phi) is 6.39. The van der Waals surface area contributed by atoms with Crippen molar-refractivity contribution in [3.63, 3.8) is 0 Å². The van der Waals surface area contributed by atoms with Gasteiger partial charge < -0.3 is 0 Å². The number of benzene rings is 3. The average Bonchev–Trinajstić information content (AvgIpc) is 2.72. The SMILES string of the molecule is C=C(C)C=CC(=C)c1ccc(Cc2ccc(-c3ccc(C#N)cc3)c(F)c2)cc1F. The smallest absolute Gasteiger partial charge is 0.131 e. The molecule has 0 atom stereocenters. The van der Waals surface area contributed by atoms with Gasteiger partial charge in [0.2, 0.25) is 0 Å². The van der Waals surface area contributed by atoms with E-state index >= 15 is 0 Å². The number of hydrogen-bond donors (Lipinski definition) is 0. The molecular weight excluding hydrogens is 376 g/mol. The summed E-state index contributed by atoms with van der Waals surface area (Å²) < 4.78 is 29.2. The van der Waals surface area contributed by atoms with E-state index in [0.29, 0.717) is 34.2 Å². The second-order valence-corrected chi connectivity index (χ2v) is 7.20. The van der Waals surface area contributed by atoms with Crippen molar-refractivity contribution < 1.29 is 8.78 Å². The molecule has 0 spiro atoms. The average molecular weight is 397 g/mol. The molecule has 3 rings (SSSR count). The lowest BCUT2D eigenvalue weighted by Gasteiger charge is -2.09. The van der Waals surface area contributed by atoms with Crippen LogP contribution in [0.4, 0.5) is 8.78 Å². The maximum absolute atomic E-state index is 14.7. The Labute approximate surface area is 175 Å². The Morgan fingerprint density at radius 2 is 1.53 bits per heavy atom. The quantitative estimate of drug-likeness (QED) is 0.402. The third-order valence-electron chi connectivity index (χ3n) is 4.72. The molecule has 0 unspecified atom stereocenters. The third-order valence-corrected chi connectivity index (χ3v) is 4.72. The second kappa shape index (κ2) is 9.15. The molecule has 30 heavy (non-hydrogen) atoms. The van der Waals surface area contributed by atoms with Crippen molar-refractivity contribution >= 4 is 5.57 Å². The zero-order valence-electron chi connectivity index (χ0n) is 16.8. The van der Waals surface area contributed by atoms with Gasteiger partial charge in [-0.1, -0.05) is 67.3 Å². The maximum atomic E-state index is 14.7. The number of halogens is 2. The van der Waals surface area contributed by atoms with Crippen molar-refractivity contribution in [2.75, 3.05) is 0 Å². The van der Waals surface area contributed by atoms with Gasteiger partial charge in [0.1, 0.15) is 11.6 Å². The van der Waals surface area contributed by atoms with Crippen LogP contribution in [0, 0.1) is 23.0 Å². The van der Waals surface area contributed by atoms with E-state index in [2.05, 4.69) is 13.2 Å². The third kappa shape index (κ3) is 4.98. The Bertz CT molecular complexity index is 1180. The van der Waals surface area contributed by atoms with E-state index in [-0.39, 0.29) is 11.6 Å². The monoisotopic (exact) mass is 397 g/mol. The summed E-state index contributed by atoms with van der Waals surface area (Å²) in [4.78, 5) is 0. The first-order chi connectivity index (χ1) is 14.4. The van der Waals surface area contributed by atoms with Crippen molar-refractivity contribution in [3.05, 3.63) is 125 Å². The first kappa shape index (κ1) is 21.0. The van der Waals surface area contributed by atoms with Crippen LogP contribution in [0.2, 0.25) is 0 Å². The molecule has 3 aromatic rings. The van der Waals surface area contributed by atoms with Gasteiger partial charge >= 0.3 is 0 Å². The highest BCUT2D eigenvalue weighted by Gasteiger charge is 2.09. The summed E-state index contributed by atoms with van der Waals surface area (Å²) in [5, 5.41) is 8.88. The molecule has 0 aliphatic rings. The molecule has 1 nitrogen and oxygen atoms in total. The fraction of sp³-hybridized carbons (Fsp3) is 0.0741. The molecule has 0 amide bonds. The van der Waals surface area contributed by atoms with Crippen molar-refractivity contribution in [1.82, 2.24) is 0 Å². The first-order valence-corrected chi connectivity index (χ1v) is 9.47. The van der Waals surface area contributed by atoms with Crippen LogP contribution < -0.4 is 0 Å². The number of nitriles is 1. The van der Waals surface area contributed by atoms with Gasteiger partial charge in [-0.15, -0.1) is 0 Å². The van der Waals surface area contributed by atoms with Crippen molar-refractivity contribution in [3.8, 4) is 17.2 Å². The summed E-state index contributed by atoms with van der Waals surface area (Å²) in [6, 6.07) is 18.8. The summed E-state index contributed by atoms with van der Waals surface area (Å²) in [6.45, 7) is 9.53. The molecule has 148 valence electrons. The number of hydrogen-bond acceptors (Lipinski definition) is 1. The highest BCUT2D eigenvalue weighted by molar-refractivity contribution is 5.73. The van der Waals surface area contributed by atoms with Crippen LogP contribution in [0.25, 0.3) is 16.7 Å². The van der Waals surface area contributed by atoms with Crippen LogP contribution in [0.15, 0.2) is 91.5 Å². The van der Waals surface area contributed by atoms with E-state index in [0.717, 1.165) is 16.7 Å². The molecule has 0 saturated heterocycles. The molecule has 3 aromatic carbocycles. The minimum atomic E-state index is -0.362. The van der Waals surface area contributed by atoms with Crippen LogP contribution >= 0.6 is 0 Å². The molecule has 0 N–H and O–H groups in total. The van der Waals surface area contributed by atoms with Gasteiger partial charge in [0.25, 0.3) is 0 Å². The van der Waals surface area contributed by atoms with Crippen LogP contribution in [-0.2, 0) is 6.42 Å². The normalized spacial score (nSPS) is 10.7. The van der Waals surface area contributed by atoms with E-state index in [9.17, 15) is 8.78 Å². The maximum Gasteiger partial charge on any atom is 0.131 e. The molecule has 0 aromatic heterocycles. The topological polar surface area (TPSA) is 23.8 Å². The molecular formula is C27H21F2N. The summed E-state index contributed by atoms with van der Waals surface area (Å²) in [6.07, 6.45) is 3.93. The lowest BCUT2D eigenvalue weighted by molar-refractivity contribution is 0.622. The summed E-state index contributed by atoms with van der Waals surface area (Å²) >= 11 is 0. The van der Waals surface area contributed by atoms with Gasteiger partial charge in [-0.05, 0) is 59.9 Å². The largest absolute Gasteiger partial charge is 0.206 e. The van der Waals surface area contributed by atoms with Crippen molar-refractivity contribution in [2.45, 2.75) is 13.3 Å². The van der Waals surface area contributed by atoms with E-state index in [1.807, 2.05) is 25.1 Å². The molecule has 0 radical (unpaired) electrons. The molecule has 0 bridgehead atoms. The molecule has 3 heteroatoms. The van der Waals surface area contributed by atoms with Gasteiger partial charge in [-0.25, -0.2) is 8.78 Å². The Morgan fingerprint density at radius 3 is 2.10 bits per heavy atom. The van der Waals surface area contributed by atoms with Crippen molar-refractivity contribution in [1.29, 1.82) is 5.26 Å². The van der Waals surface area contributed by atoms with Gasteiger partial charge in [0, 0.05) is 11.1 Å². The van der Waals surface area contributed by atoms with Crippen molar-refractivity contribution in [2.24, 2.45) is 0 Å². The summed E-state index contributed by atoms with van der Waals surface area (Å²) in [5.74, 6) is -0.717. The molecule has 0 saturated carbocycles. The zero-order chi connectivity index (χ0) is 21.7. The standard InChI is InChI=1S/C27H21F2N/c1-18(2)4-5-19(3)24-12-8-21(15-26(24)28)14-22-9-13-25(27(29)16-22)23-10-6-20(17-30)7-11-23/h4-13,15-16H,1,3,14H2,2H3. The molecule has 0 aliphatic heterocycles. The lowest BCUT2D eigenvalue weighted by atomic mass is 9.97. The van der Waals surface area contributed by atoms with Crippen LogP contribution in [-0.4, -0.2) is 0 Å². The number of allylic oxidation sites excluding steroid dienone is 4. The van der Waals surface area contributed by atoms with Gasteiger partial charge in [-0.3, -0.25) is 0 Å². The van der Waals surface area contributed by atoms with E-state index < -0.39 is 0 Å². The predicted molar refractivity (Wildman–Crippen MR) is 119 cm³/mol. The fourth-order valence-electron chi connectivity index (χ4n) is 3.12. The summed E-state index contributed by atoms with van der Waals surface area (Å²) in [7, 11) is 0. The van der Waals surface area contributed by atoms with Crippen LogP contribution in [0.3, 0.4) is 0 Å². The number of rotatable bonds is 6. The minimum absolute atomic E-state index is 0.354. The molecule has 0 heterocycles. The highest BCUT2D eigenvalue weighted by atomic mass is 19.1. The van der Waals surface area contributed by atoms with Crippen LogP contribution in [0.5, 0.6) is 0 Å². The highest BCUT2D eigenvalue weighted by Crippen LogP contribution is 2.26. The first-order valence-electron chi connectivity index (χ1n) is 9.47. The number of nitrogens with zero attached hydrogens (tertiary/aromatic N) is 1. The van der Waals surface area contributed by atoms with Crippen LogP contribution in [0.1, 0.15) is 29.2 Å². The minimum Gasteiger partial charge on any atom is -0.206 e. The van der Waals surface area contributed by atoms with Gasteiger partial charge in [0.15, 0.2) is 0 Å². The van der Waals surface area contributed by atoms with Gasteiger partial charge in [0.05, 0.1) is 11.6 Å². The van der Waals surface area contributed by atoms with E-state index in [1.54, 1.807) is 48.6 Å². The van der Waals surface area contributed by atoms with Gasteiger partial charge in [-0.2, -0.15) is 5.26 Å². The predicted octanol–water partition coefficient (Wildman–Crippen LogP) is 7.24. The Morgan fingerprint density at radius 1 is 0.900 bits per heavy atom. The summed E-state index contributed by atoms with van der Waals surface area (Å²) in [5.41, 5.74) is 5.05. The molecule has 0 fully saturated rings. The fourth-order valence-corrected chi connectivity index (χ4v) is 3.12. The van der Waals surface area contributed by atoms with E-state index in [4.69, 9.17) is 5.26 Å². The second-order valence-electron chi connectivity index (χ2n) is 7.20.